The number of benzene rings is 1. The molecule has 5 heteroatoms. The van der Waals surface area contributed by atoms with Crippen molar-refractivity contribution in [2.75, 3.05) is 19.5 Å². The Morgan fingerprint density at radius 1 is 1.25 bits per heavy atom. The maximum atomic E-state index is 5.91. The van der Waals surface area contributed by atoms with Gasteiger partial charge in [-0.1, -0.05) is 24.6 Å². The Labute approximate surface area is 124 Å². The van der Waals surface area contributed by atoms with Crippen molar-refractivity contribution in [3.8, 4) is 11.5 Å². The summed E-state index contributed by atoms with van der Waals surface area (Å²) in [6.45, 7) is 0.623. The van der Waals surface area contributed by atoms with E-state index in [-0.39, 0.29) is 0 Å². The standard InChI is InChI=1S/C15H22N2O2S/c1-18-13-6-8-14(9-7-13)19-10-11-20-15(16)17-12-4-2-3-5-12/h6-9,12H,2-5,10-11H2,1H3,(H2,16,17). The highest BCUT2D eigenvalue weighted by Gasteiger charge is 2.13. The van der Waals surface area contributed by atoms with E-state index < -0.39 is 0 Å². The molecule has 110 valence electrons. The van der Waals surface area contributed by atoms with E-state index in [1.54, 1.807) is 18.9 Å². The van der Waals surface area contributed by atoms with Gasteiger partial charge in [0.1, 0.15) is 11.5 Å². The van der Waals surface area contributed by atoms with Gasteiger partial charge >= 0.3 is 0 Å². The third-order valence-electron chi connectivity index (χ3n) is 3.30. The number of hydrogen-bond acceptors (Lipinski definition) is 4. The quantitative estimate of drug-likeness (QED) is 0.498. The number of nitrogens with zero attached hydrogens (tertiary/aromatic N) is 1. The first-order chi connectivity index (χ1) is 9.78. The van der Waals surface area contributed by atoms with Crippen LogP contribution in [0.25, 0.3) is 0 Å². The van der Waals surface area contributed by atoms with Crippen LogP contribution >= 0.6 is 11.8 Å². The summed E-state index contributed by atoms with van der Waals surface area (Å²) in [5.74, 6) is 2.49. The van der Waals surface area contributed by atoms with E-state index in [0.717, 1.165) is 17.3 Å². The van der Waals surface area contributed by atoms with Gasteiger partial charge in [0.15, 0.2) is 5.17 Å². The average molecular weight is 294 g/mol. The lowest BCUT2D eigenvalue weighted by molar-refractivity contribution is 0.343. The van der Waals surface area contributed by atoms with Gasteiger partial charge in [0.2, 0.25) is 0 Å². The average Bonchev–Trinajstić information content (AvgIpc) is 2.97. The molecule has 1 saturated carbocycles. The largest absolute Gasteiger partial charge is 0.497 e. The fraction of sp³-hybridized carbons (Fsp3) is 0.533. The maximum Gasteiger partial charge on any atom is 0.154 e. The van der Waals surface area contributed by atoms with Crippen molar-refractivity contribution in [1.29, 1.82) is 0 Å². The molecule has 0 aliphatic heterocycles. The number of methoxy groups -OCH3 is 1. The van der Waals surface area contributed by atoms with Crippen molar-refractivity contribution in [3.63, 3.8) is 0 Å². The van der Waals surface area contributed by atoms with Gasteiger partial charge in [0.25, 0.3) is 0 Å². The molecule has 0 spiro atoms. The molecule has 1 aromatic rings. The van der Waals surface area contributed by atoms with Crippen LogP contribution in [0.2, 0.25) is 0 Å². The second-order valence-electron chi connectivity index (χ2n) is 4.78. The van der Waals surface area contributed by atoms with Crippen LogP contribution in [0, 0.1) is 0 Å². The van der Waals surface area contributed by atoms with Gasteiger partial charge in [0.05, 0.1) is 19.8 Å². The Morgan fingerprint density at radius 3 is 2.55 bits per heavy atom. The molecule has 0 bridgehead atoms. The van der Waals surface area contributed by atoms with Crippen molar-refractivity contribution in [1.82, 2.24) is 0 Å². The van der Waals surface area contributed by atoms with Crippen LogP contribution in [-0.2, 0) is 0 Å². The fourth-order valence-electron chi connectivity index (χ4n) is 2.23. The molecular weight excluding hydrogens is 272 g/mol. The number of ether oxygens (including phenoxy) is 2. The molecule has 4 nitrogen and oxygen atoms in total. The highest BCUT2D eigenvalue weighted by molar-refractivity contribution is 8.13. The number of amidine groups is 1. The molecule has 2 N–H and O–H groups in total. The maximum absolute atomic E-state index is 5.91. The molecule has 0 unspecified atom stereocenters. The van der Waals surface area contributed by atoms with E-state index in [4.69, 9.17) is 15.2 Å². The van der Waals surface area contributed by atoms with Gasteiger partial charge in [-0.2, -0.15) is 0 Å². The number of thioether (sulfide) groups is 1. The van der Waals surface area contributed by atoms with Crippen LogP contribution in [0.15, 0.2) is 29.3 Å². The minimum absolute atomic E-state index is 0.449. The first-order valence-electron chi connectivity index (χ1n) is 7.01. The zero-order valence-corrected chi connectivity index (χ0v) is 12.7. The minimum atomic E-state index is 0.449. The molecule has 1 aliphatic rings. The SMILES string of the molecule is COc1ccc(OCCSC(N)=NC2CCCC2)cc1. The molecule has 1 fully saturated rings. The lowest BCUT2D eigenvalue weighted by Crippen LogP contribution is -2.13. The summed E-state index contributed by atoms with van der Waals surface area (Å²) in [6, 6.07) is 8.03. The smallest absolute Gasteiger partial charge is 0.154 e. The van der Waals surface area contributed by atoms with Gasteiger partial charge in [-0.25, -0.2) is 0 Å². The van der Waals surface area contributed by atoms with E-state index in [9.17, 15) is 0 Å². The van der Waals surface area contributed by atoms with Crippen LogP contribution in [0.4, 0.5) is 0 Å². The van der Waals surface area contributed by atoms with E-state index in [1.807, 2.05) is 24.3 Å². The summed E-state index contributed by atoms with van der Waals surface area (Å²) >= 11 is 1.57. The fourth-order valence-corrected chi connectivity index (χ4v) is 2.83. The van der Waals surface area contributed by atoms with E-state index in [2.05, 4.69) is 4.99 Å². The van der Waals surface area contributed by atoms with Crippen LogP contribution < -0.4 is 15.2 Å². The van der Waals surface area contributed by atoms with Gasteiger partial charge < -0.3 is 15.2 Å². The predicted octanol–water partition coefficient (Wildman–Crippen LogP) is 3.06. The van der Waals surface area contributed by atoms with Crippen molar-refractivity contribution in [3.05, 3.63) is 24.3 Å². The number of nitrogens with two attached hydrogens (primary N) is 1. The predicted molar refractivity (Wildman–Crippen MR) is 84.8 cm³/mol. The van der Waals surface area contributed by atoms with Crippen molar-refractivity contribution >= 4 is 16.9 Å². The summed E-state index contributed by atoms with van der Waals surface area (Å²) in [5.41, 5.74) is 5.91. The molecule has 0 heterocycles. The molecular formula is C15H22N2O2S. The highest BCUT2D eigenvalue weighted by Crippen LogP contribution is 2.22. The summed E-state index contributed by atoms with van der Waals surface area (Å²) in [5, 5.41) is 0.690. The lowest BCUT2D eigenvalue weighted by Gasteiger charge is -2.08. The van der Waals surface area contributed by atoms with Crippen molar-refractivity contribution in [2.45, 2.75) is 31.7 Å². The Hall–Kier alpha value is -1.36. The van der Waals surface area contributed by atoms with Crippen LogP contribution in [0.3, 0.4) is 0 Å². The van der Waals surface area contributed by atoms with Gasteiger partial charge in [-0.15, -0.1) is 0 Å². The molecule has 0 saturated heterocycles. The zero-order chi connectivity index (χ0) is 14.2. The Balaban J connectivity index is 1.65. The number of rotatable bonds is 6. The second kappa shape index (κ2) is 8.04. The van der Waals surface area contributed by atoms with Crippen molar-refractivity contribution in [2.24, 2.45) is 10.7 Å². The van der Waals surface area contributed by atoms with Crippen LogP contribution in [0.1, 0.15) is 25.7 Å². The highest BCUT2D eigenvalue weighted by atomic mass is 32.2. The molecule has 1 aliphatic carbocycles. The molecule has 0 aromatic heterocycles. The zero-order valence-electron chi connectivity index (χ0n) is 11.9. The lowest BCUT2D eigenvalue weighted by atomic mass is 10.3. The molecule has 2 rings (SSSR count). The Bertz CT molecular complexity index is 428. The van der Waals surface area contributed by atoms with E-state index >= 15 is 0 Å². The van der Waals surface area contributed by atoms with E-state index in [1.165, 1.54) is 25.7 Å². The minimum Gasteiger partial charge on any atom is -0.497 e. The third-order valence-corrected chi connectivity index (χ3v) is 4.07. The molecule has 1 aromatic carbocycles. The van der Waals surface area contributed by atoms with Crippen LogP contribution in [-0.4, -0.2) is 30.7 Å². The first-order valence-corrected chi connectivity index (χ1v) is 7.99. The van der Waals surface area contributed by atoms with Crippen molar-refractivity contribution < 1.29 is 9.47 Å². The van der Waals surface area contributed by atoms with E-state index in [0.29, 0.717) is 17.8 Å². The normalized spacial score (nSPS) is 16.4. The summed E-state index contributed by atoms with van der Waals surface area (Å²) in [7, 11) is 1.65. The summed E-state index contributed by atoms with van der Waals surface area (Å²) in [6.07, 6.45) is 4.94. The summed E-state index contributed by atoms with van der Waals surface area (Å²) in [4.78, 5) is 4.53. The monoisotopic (exact) mass is 294 g/mol. The number of aliphatic imine (C=N–C) groups is 1. The number of hydrogen-bond donors (Lipinski definition) is 1. The van der Waals surface area contributed by atoms with Gasteiger partial charge in [-0.3, -0.25) is 4.99 Å². The summed E-state index contributed by atoms with van der Waals surface area (Å²) < 4.78 is 10.7. The molecule has 0 amide bonds. The Morgan fingerprint density at radius 2 is 1.90 bits per heavy atom. The van der Waals surface area contributed by atoms with Gasteiger partial charge in [0, 0.05) is 5.75 Å². The first kappa shape index (κ1) is 15.0. The second-order valence-corrected chi connectivity index (χ2v) is 5.89. The Kier molecular flexibility index (Phi) is 6.05. The van der Waals surface area contributed by atoms with Gasteiger partial charge in [-0.05, 0) is 37.1 Å². The molecule has 20 heavy (non-hydrogen) atoms. The van der Waals surface area contributed by atoms with Crippen LogP contribution in [0.5, 0.6) is 11.5 Å². The third kappa shape index (κ3) is 4.96. The topological polar surface area (TPSA) is 56.8 Å². The molecule has 0 atom stereocenters. The molecule has 0 radical (unpaired) electrons.